The van der Waals surface area contributed by atoms with Gasteiger partial charge in [-0.3, -0.25) is 4.57 Å². The Kier molecular flexibility index (Phi) is 4.34. The first-order valence-corrected chi connectivity index (χ1v) is 7.46. The van der Waals surface area contributed by atoms with Gasteiger partial charge in [0.2, 0.25) is 0 Å². The zero-order valence-electron chi connectivity index (χ0n) is 12.3. The zero-order chi connectivity index (χ0) is 15.7. The van der Waals surface area contributed by atoms with Gasteiger partial charge in [-0.2, -0.15) is 0 Å². The number of aliphatic hydroxyl groups excluding tert-OH is 3. The van der Waals surface area contributed by atoms with Gasteiger partial charge in [-0.05, 0) is 12.8 Å². The number of hydrogen-bond donors (Lipinski definition) is 3. The fraction of sp³-hybridized carbons (Fsp3) is 0.643. The minimum absolute atomic E-state index is 0.363. The maximum absolute atomic E-state index is 10.1. The van der Waals surface area contributed by atoms with Crippen LogP contribution in [0.4, 0.5) is 0 Å². The van der Waals surface area contributed by atoms with Crippen LogP contribution in [0.1, 0.15) is 31.7 Å². The molecule has 2 aromatic heterocycles. The molecule has 8 heteroatoms. The van der Waals surface area contributed by atoms with Crippen molar-refractivity contribution in [2.24, 2.45) is 0 Å². The molecule has 3 heterocycles. The molecule has 0 bridgehead atoms. The van der Waals surface area contributed by atoms with Gasteiger partial charge in [0, 0.05) is 0 Å². The van der Waals surface area contributed by atoms with Crippen molar-refractivity contribution in [2.75, 3.05) is 6.61 Å². The van der Waals surface area contributed by atoms with Crippen LogP contribution in [0.2, 0.25) is 0 Å². The van der Waals surface area contributed by atoms with Gasteiger partial charge in [0.25, 0.3) is 0 Å². The van der Waals surface area contributed by atoms with E-state index in [4.69, 9.17) is 4.74 Å². The first kappa shape index (κ1) is 15.3. The smallest absolute Gasteiger partial charge is 0.165 e. The highest BCUT2D eigenvalue weighted by molar-refractivity contribution is 5.73. The highest BCUT2D eigenvalue weighted by Gasteiger charge is 2.43. The molecule has 8 nitrogen and oxygen atoms in total. The molecule has 3 N–H and O–H groups in total. The molecule has 0 amide bonds. The lowest BCUT2D eigenvalue weighted by Gasteiger charge is -2.16. The Morgan fingerprint density at radius 2 is 2.05 bits per heavy atom. The van der Waals surface area contributed by atoms with Crippen molar-refractivity contribution < 1.29 is 20.1 Å². The number of aryl methyl sites for hydroxylation is 1. The molecule has 2 aromatic rings. The van der Waals surface area contributed by atoms with Crippen molar-refractivity contribution in [3.05, 3.63) is 18.3 Å². The van der Waals surface area contributed by atoms with E-state index in [1.165, 1.54) is 12.7 Å². The minimum atomic E-state index is -1.15. The summed E-state index contributed by atoms with van der Waals surface area (Å²) in [6.07, 6.45) is 1.92. The van der Waals surface area contributed by atoms with Crippen LogP contribution in [-0.4, -0.2) is 59.8 Å². The average Bonchev–Trinajstić information content (AvgIpc) is 3.08. The molecule has 22 heavy (non-hydrogen) atoms. The van der Waals surface area contributed by atoms with Gasteiger partial charge < -0.3 is 20.1 Å². The molecule has 1 saturated heterocycles. The molecule has 0 radical (unpaired) electrons. The van der Waals surface area contributed by atoms with E-state index in [9.17, 15) is 15.3 Å². The summed E-state index contributed by atoms with van der Waals surface area (Å²) < 4.78 is 7.10. The Labute approximate surface area is 127 Å². The molecule has 0 spiro atoms. The number of imidazole rings is 1. The Morgan fingerprint density at radius 1 is 1.23 bits per heavy atom. The van der Waals surface area contributed by atoms with Gasteiger partial charge in [-0.1, -0.05) is 13.3 Å². The standard InChI is InChI=1S/C14H20N4O4/c1-2-3-4-8-10-13(16-6-15-8)18(7-17-10)14-12(21)11(20)9(5-19)22-14/h6-7,9,11-12,14,19-21H,2-5H2,1H3/t9-,11-,12-,14?/m1/s1. The van der Waals surface area contributed by atoms with Gasteiger partial charge in [0.1, 0.15) is 30.2 Å². The lowest BCUT2D eigenvalue weighted by Crippen LogP contribution is -2.33. The van der Waals surface area contributed by atoms with Gasteiger partial charge >= 0.3 is 0 Å². The largest absolute Gasteiger partial charge is 0.394 e. The Balaban J connectivity index is 1.95. The van der Waals surface area contributed by atoms with E-state index >= 15 is 0 Å². The minimum Gasteiger partial charge on any atom is -0.394 e. The van der Waals surface area contributed by atoms with Crippen LogP contribution in [0.5, 0.6) is 0 Å². The number of hydrogen-bond acceptors (Lipinski definition) is 7. The molecule has 1 fully saturated rings. The Hall–Kier alpha value is -1.61. The molecule has 1 aliphatic heterocycles. The highest BCUT2D eigenvalue weighted by Crippen LogP contribution is 2.31. The van der Waals surface area contributed by atoms with E-state index in [1.54, 1.807) is 4.57 Å². The van der Waals surface area contributed by atoms with E-state index in [2.05, 4.69) is 21.9 Å². The number of aromatic nitrogens is 4. The number of aliphatic hydroxyl groups is 3. The Bertz CT molecular complexity index is 647. The van der Waals surface area contributed by atoms with Gasteiger partial charge in [0.05, 0.1) is 18.6 Å². The molecule has 0 saturated carbocycles. The van der Waals surface area contributed by atoms with Crippen molar-refractivity contribution in [1.82, 2.24) is 19.5 Å². The summed E-state index contributed by atoms with van der Waals surface area (Å²) >= 11 is 0. The summed E-state index contributed by atoms with van der Waals surface area (Å²) in [5.74, 6) is 0. The van der Waals surface area contributed by atoms with E-state index in [0.29, 0.717) is 11.2 Å². The number of ether oxygens (including phenoxy) is 1. The summed E-state index contributed by atoms with van der Waals surface area (Å²) in [4.78, 5) is 12.8. The van der Waals surface area contributed by atoms with Crippen LogP contribution in [0.3, 0.4) is 0 Å². The summed E-state index contributed by atoms with van der Waals surface area (Å²) in [5.41, 5.74) is 2.09. The second kappa shape index (κ2) is 6.25. The zero-order valence-corrected chi connectivity index (χ0v) is 12.3. The van der Waals surface area contributed by atoms with Crippen molar-refractivity contribution in [3.63, 3.8) is 0 Å². The number of rotatable bonds is 5. The molecule has 4 atom stereocenters. The molecule has 1 aliphatic rings. The van der Waals surface area contributed by atoms with Crippen molar-refractivity contribution in [2.45, 2.75) is 50.7 Å². The number of unbranched alkanes of at least 4 members (excludes halogenated alkanes) is 1. The van der Waals surface area contributed by atoms with Gasteiger partial charge in [-0.25, -0.2) is 15.0 Å². The summed E-state index contributed by atoms with van der Waals surface area (Å²) in [5, 5.41) is 29.2. The molecule has 3 rings (SSSR count). The van der Waals surface area contributed by atoms with Gasteiger partial charge in [-0.15, -0.1) is 0 Å². The predicted molar refractivity (Wildman–Crippen MR) is 76.9 cm³/mol. The predicted octanol–water partition coefficient (Wildman–Crippen LogP) is -0.220. The van der Waals surface area contributed by atoms with Crippen LogP contribution >= 0.6 is 0 Å². The molecule has 1 unspecified atom stereocenters. The van der Waals surface area contributed by atoms with Gasteiger partial charge in [0.15, 0.2) is 11.9 Å². The van der Waals surface area contributed by atoms with Crippen LogP contribution in [-0.2, 0) is 11.2 Å². The van der Waals surface area contributed by atoms with Crippen LogP contribution in [0, 0.1) is 0 Å². The third kappa shape index (κ3) is 2.48. The first-order valence-electron chi connectivity index (χ1n) is 7.46. The summed E-state index contributed by atoms with van der Waals surface area (Å²) in [7, 11) is 0. The lowest BCUT2D eigenvalue weighted by atomic mass is 10.1. The molecule has 120 valence electrons. The molecular weight excluding hydrogens is 288 g/mol. The maximum atomic E-state index is 10.1. The van der Waals surface area contributed by atoms with Crippen LogP contribution < -0.4 is 0 Å². The quantitative estimate of drug-likeness (QED) is 0.699. The molecule has 0 aliphatic carbocycles. The molecule has 0 aromatic carbocycles. The maximum Gasteiger partial charge on any atom is 0.165 e. The van der Waals surface area contributed by atoms with E-state index in [-0.39, 0.29) is 6.61 Å². The SMILES string of the molecule is CCCCc1ncnc2c1ncn2C1O[C@H](CO)[C@@H](O)[C@H]1O. The monoisotopic (exact) mass is 308 g/mol. The average molecular weight is 308 g/mol. The topological polar surface area (TPSA) is 114 Å². The Morgan fingerprint density at radius 3 is 2.73 bits per heavy atom. The van der Waals surface area contributed by atoms with Crippen molar-refractivity contribution in [1.29, 1.82) is 0 Å². The fourth-order valence-corrected chi connectivity index (χ4v) is 2.72. The third-order valence-corrected chi connectivity index (χ3v) is 3.99. The highest BCUT2D eigenvalue weighted by atomic mass is 16.6. The van der Waals surface area contributed by atoms with Crippen molar-refractivity contribution >= 4 is 11.2 Å². The second-order valence-electron chi connectivity index (χ2n) is 5.48. The normalized spacial score (nSPS) is 28.5. The number of nitrogens with zero attached hydrogens (tertiary/aromatic N) is 4. The second-order valence-corrected chi connectivity index (χ2v) is 5.48. The van der Waals surface area contributed by atoms with E-state index < -0.39 is 24.5 Å². The third-order valence-electron chi connectivity index (χ3n) is 3.99. The summed E-state index contributed by atoms with van der Waals surface area (Å²) in [6.45, 7) is 1.74. The van der Waals surface area contributed by atoms with Crippen LogP contribution in [0.15, 0.2) is 12.7 Å². The van der Waals surface area contributed by atoms with Crippen molar-refractivity contribution in [3.8, 4) is 0 Å². The first-order chi connectivity index (χ1) is 10.7. The molecular formula is C14H20N4O4. The lowest BCUT2D eigenvalue weighted by molar-refractivity contribution is -0.0511. The number of fused-ring (bicyclic) bond motifs is 1. The fourth-order valence-electron chi connectivity index (χ4n) is 2.72. The summed E-state index contributed by atoms with van der Waals surface area (Å²) in [6, 6.07) is 0. The van der Waals surface area contributed by atoms with E-state index in [1.807, 2.05) is 0 Å². The van der Waals surface area contributed by atoms with Crippen LogP contribution in [0.25, 0.3) is 11.2 Å². The van der Waals surface area contributed by atoms with E-state index in [0.717, 1.165) is 25.0 Å².